The molecule has 0 bridgehead atoms. The summed E-state index contributed by atoms with van der Waals surface area (Å²) < 4.78 is 39.8. The predicted molar refractivity (Wildman–Crippen MR) is 83.5 cm³/mol. The lowest BCUT2D eigenvalue weighted by atomic mass is 9.95. The number of aromatic nitrogens is 1. The Bertz CT molecular complexity index is 909. The van der Waals surface area contributed by atoms with Gasteiger partial charge < -0.3 is 0 Å². The Morgan fingerprint density at radius 2 is 1.73 bits per heavy atom. The van der Waals surface area contributed by atoms with Gasteiger partial charge in [0.1, 0.15) is 5.92 Å². The lowest BCUT2D eigenvalue weighted by Crippen LogP contribution is -2.58. The van der Waals surface area contributed by atoms with Crippen molar-refractivity contribution in [1.29, 1.82) is 0 Å². The molecule has 1 saturated heterocycles. The van der Waals surface area contributed by atoms with Crippen LogP contribution in [0, 0.1) is 30.3 Å². The Morgan fingerprint density at radius 1 is 1.08 bits per heavy atom. The molecule has 9 heteroatoms. The van der Waals surface area contributed by atoms with Gasteiger partial charge in [-0.25, -0.2) is 22.9 Å². The minimum Gasteiger partial charge on any atom is -0.277 e. The van der Waals surface area contributed by atoms with Crippen molar-refractivity contribution >= 4 is 23.5 Å². The summed E-state index contributed by atoms with van der Waals surface area (Å²) >= 11 is 0. The molecule has 4 amide bonds. The molecule has 1 unspecified atom stereocenters. The summed E-state index contributed by atoms with van der Waals surface area (Å²) in [6.07, 6.45) is 2.39. The highest BCUT2D eigenvalue weighted by Crippen LogP contribution is 2.24. The van der Waals surface area contributed by atoms with Crippen molar-refractivity contribution in [2.45, 2.75) is 13.3 Å². The van der Waals surface area contributed by atoms with Gasteiger partial charge in [0.25, 0.3) is 0 Å². The Hall–Kier alpha value is -3.23. The van der Waals surface area contributed by atoms with E-state index in [1.165, 1.54) is 18.5 Å². The number of rotatable bonds is 3. The van der Waals surface area contributed by atoms with Crippen molar-refractivity contribution in [3.05, 3.63) is 59.2 Å². The summed E-state index contributed by atoms with van der Waals surface area (Å²) in [6, 6.07) is 1.98. The Kier molecular flexibility index (Phi) is 4.45. The van der Waals surface area contributed by atoms with Crippen LogP contribution in [0.5, 0.6) is 0 Å². The van der Waals surface area contributed by atoms with E-state index < -0.39 is 47.6 Å². The van der Waals surface area contributed by atoms with E-state index in [9.17, 15) is 27.6 Å². The fraction of sp³-hybridized carbons (Fsp3) is 0.176. The van der Waals surface area contributed by atoms with E-state index in [1.807, 2.05) is 5.32 Å². The number of anilines is 1. The number of barbiturate groups is 1. The molecule has 0 radical (unpaired) electrons. The number of hydrogen-bond acceptors (Lipinski definition) is 4. The van der Waals surface area contributed by atoms with Crippen LogP contribution in [0.2, 0.25) is 0 Å². The molecule has 1 aromatic heterocycles. The zero-order chi connectivity index (χ0) is 19.0. The molecule has 1 atom stereocenters. The van der Waals surface area contributed by atoms with Crippen LogP contribution in [0.25, 0.3) is 0 Å². The van der Waals surface area contributed by atoms with Crippen molar-refractivity contribution in [2.75, 3.05) is 4.90 Å². The van der Waals surface area contributed by atoms with Crippen LogP contribution in [0.15, 0.2) is 30.6 Å². The van der Waals surface area contributed by atoms with Crippen molar-refractivity contribution < 1.29 is 27.6 Å². The third-order valence-electron chi connectivity index (χ3n) is 3.87. The second kappa shape index (κ2) is 6.58. The number of urea groups is 1. The number of halogens is 3. The van der Waals surface area contributed by atoms with E-state index in [2.05, 4.69) is 4.98 Å². The van der Waals surface area contributed by atoms with Gasteiger partial charge in [0, 0.05) is 6.20 Å². The maximum absolute atomic E-state index is 13.4. The number of amides is 4. The van der Waals surface area contributed by atoms with E-state index >= 15 is 0 Å². The van der Waals surface area contributed by atoms with Gasteiger partial charge >= 0.3 is 6.03 Å². The van der Waals surface area contributed by atoms with Gasteiger partial charge in [-0.1, -0.05) is 0 Å². The molecule has 134 valence electrons. The lowest BCUT2D eigenvalue weighted by molar-refractivity contribution is -0.134. The zero-order valence-corrected chi connectivity index (χ0v) is 13.4. The van der Waals surface area contributed by atoms with Crippen molar-refractivity contribution in [3.63, 3.8) is 0 Å². The molecular weight excluding hydrogens is 351 g/mol. The lowest BCUT2D eigenvalue weighted by Gasteiger charge is -2.30. The second-order valence-corrected chi connectivity index (χ2v) is 5.82. The summed E-state index contributed by atoms with van der Waals surface area (Å²) in [5, 5.41) is 2.03. The van der Waals surface area contributed by atoms with Crippen LogP contribution in [-0.2, 0) is 16.0 Å². The number of carbonyl (C=O) groups excluding carboxylic acids is 3. The SMILES string of the molecule is Cc1cncc(N2C(=O)NC(=O)C(Cc3cc(F)c(F)c(F)c3)C2=O)c1. The first kappa shape index (κ1) is 17.6. The van der Waals surface area contributed by atoms with E-state index in [0.29, 0.717) is 17.7 Å². The number of hydrogen-bond donors (Lipinski definition) is 1. The highest BCUT2D eigenvalue weighted by Gasteiger charge is 2.41. The maximum atomic E-state index is 13.4. The van der Waals surface area contributed by atoms with E-state index in [0.717, 1.165) is 4.90 Å². The summed E-state index contributed by atoms with van der Waals surface area (Å²) in [6.45, 7) is 1.70. The topological polar surface area (TPSA) is 79.4 Å². The van der Waals surface area contributed by atoms with E-state index in [4.69, 9.17) is 0 Å². The number of benzene rings is 1. The van der Waals surface area contributed by atoms with Gasteiger partial charge in [-0.2, -0.15) is 0 Å². The number of carbonyl (C=O) groups is 3. The number of nitrogens with one attached hydrogen (secondary N) is 1. The zero-order valence-electron chi connectivity index (χ0n) is 13.4. The molecule has 0 saturated carbocycles. The Morgan fingerprint density at radius 3 is 2.35 bits per heavy atom. The maximum Gasteiger partial charge on any atom is 0.335 e. The molecule has 0 spiro atoms. The summed E-state index contributed by atoms with van der Waals surface area (Å²) in [5.74, 6) is -7.68. The van der Waals surface area contributed by atoms with Gasteiger partial charge in [-0.15, -0.1) is 0 Å². The predicted octanol–water partition coefficient (Wildman–Crippen LogP) is 2.25. The van der Waals surface area contributed by atoms with Crippen LogP contribution < -0.4 is 10.2 Å². The number of aryl methyl sites for hydroxylation is 1. The first-order valence-corrected chi connectivity index (χ1v) is 7.52. The quantitative estimate of drug-likeness (QED) is 0.670. The Labute approximate surface area is 145 Å². The van der Waals surface area contributed by atoms with E-state index in [-0.39, 0.29) is 11.3 Å². The normalized spacial score (nSPS) is 17.5. The highest BCUT2D eigenvalue weighted by molar-refractivity contribution is 6.27. The van der Waals surface area contributed by atoms with Crippen LogP contribution >= 0.6 is 0 Å². The third kappa shape index (κ3) is 3.15. The fourth-order valence-electron chi connectivity index (χ4n) is 2.66. The molecule has 6 nitrogen and oxygen atoms in total. The first-order chi connectivity index (χ1) is 12.3. The average Bonchev–Trinajstić information content (AvgIpc) is 2.56. The molecular formula is C17H12F3N3O3. The van der Waals surface area contributed by atoms with Crippen molar-refractivity contribution in [3.8, 4) is 0 Å². The van der Waals surface area contributed by atoms with Gasteiger partial charge in [0.2, 0.25) is 11.8 Å². The summed E-state index contributed by atoms with van der Waals surface area (Å²) in [5.41, 5.74) is 0.743. The summed E-state index contributed by atoms with van der Waals surface area (Å²) in [4.78, 5) is 41.4. The Balaban J connectivity index is 1.93. The number of imide groups is 2. The molecule has 2 aromatic rings. The fourth-order valence-corrected chi connectivity index (χ4v) is 2.66. The number of nitrogens with zero attached hydrogens (tertiary/aromatic N) is 2. The van der Waals surface area contributed by atoms with Crippen LogP contribution in [0.3, 0.4) is 0 Å². The van der Waals surface area contributed by atoms with Crippen molar-refractivity contribution in [1.82, 2.24) is 10.3 Å². The monoisotopic (exact) mass is 363 g/mol. The van der Waals surface area contributed by atoms with Crippen LogP contribution in [0.4, 0.5) is 23.7 Å². The molecule has 1 aromatic carbocycles. The van der Waals surface area contributed by atoms with Crippen molar-refractivity contribution in [2.24, 2.45) is 5.92 Å². The molecule has 1 aliphatic rings. The van der Waals surface area contributed by atoms with Gasteiger partial charge in [-0.05, 0) is 42.7 Å². The van der Waals surface area contributed by atoms with Crippen LogP contribution in [0.1, 0.15) is 11.1 Å². The first-order valence-electron chi connectivity index (χ1n) is 7.52. The minimum absolute atomic E-state index is 0.0911. The molecule has 0 aliphatic carbocycles. The standard InChI is InChI=1S/C17H12F3N3O3/c1-8-2-10(7-21-6-8)23-16(25)11(15(24)22-17(23)26)3-9-4-12(18)14(20)13(19)5-9/h2,4-7,11H,3H2,1H3,(H,22,24,26). The van der Waals surface area contributed by atoms with Gasteiger partial charge in [0.05, 0.1) is 11.9 Å². The molecule has 1 fully saturated rings. The van der Waals surface area contributed by atoms with Crippen LogP contribution in [-0.4, -0.2) is 22.8 Å². The second-order valence-electron chi connectivity index (χ2n) is 5.82. The van der Waals surface area contributed by atoms with Gasteiger partial charge in [-0.3, -0.25) is 19.9 Å². The largest absolute Gasteiger partial charge is 0.335 e. The summed E-state index contributed by atoms with van der Waals surface area (Å²) in [7, 11) is 0. The number of pyridine rings is 1. The molecule has 3 rings (SSSR count). The molecule has 2 heterocycles. The molecule has 1 N–H and O–H groups in total. The van der Waals surface area contributed by atoms with Gasteiger partial charge in [0.15, 0.2) is 17.5 Å². The molecule has 26 heavy (non-hydrogen) atoms. The smallest absolute Gasteiger partial charge is 0.277 e. The average molecular weight is 363 g/mol. The molecule has 1 aliphatic heterocycles. The van der Waals surface area contributed by atoms with E-state index in [1.54, 1.807) is 6.92 Å². The minimum atomic E-state index is -1.64. The highest BCUT2D eigenvalue weighted by atomic mass is 19.2. The third-order valence-corrected chi connectivity index (χ3v) is 3.87.